The number of thiocarbonyl (C=S) groups is 1. The zero-order valence-electron chi connectivity index (χ0n) is 8.58. The summed E-state index contributed by atoms with van der Waals surface area (Å²) in [6.45, 7) is 3.13. The first-order valence-corrected chi connectivity index (χ1v) is 5.57. The van der Waals surface area contributed by atoms with Gasteiger partial charge in [0.05, 0.1) is 11.4 Å². The highest BCUT2D eigenvalue weighted by Crippen LogP contribution is 2.42. The van der Waals surface area contributed by atoms with Gasteiger partial charge < -0.3 is 10.6 Å². The number of rotatable bonds is 0. The lowest BCUT2D eigenvalue weighted by Crippen LogP contribution is -2.60. The number of benzene rings is 1. The van der Waals surface area contributed by atoms with Gasteiger partial charge in [-0.05, 0) is 31.3 Å². The number of fused-ring (bicyclic) bond motifs is 3. The van der Waals surface area contributed by atoms with Gasteiger partial charge in [0, 0.05) is 13.0 Å². The molecule has 1 aromatic rings. The summed E-state index contributed by atoms with van der Waals surface area (Å²) >= 11 is 5.37. The van der Waals surface area contributed by atoms with Crippen LogP contribution in [0.25, 0.3) is 0 Å². The molecule has 2 N–H and O–H groups in total. The summed E-state index contributed by atoms with van der Waals surface area (Å²) in [5.74, 6) is 0. The quantitative estimate of drug-likeness (QED) is 0.652. The molecule has 1 atom stereocenters. The Labute approximate surface area is 94.5 Å². The lowest BCUT2D eigenvalue weighted by atomic mass is 10.1. The van der Waals surface area contributed by atoms with Gasteiger partial charge in [0.1, 0.15) is 5.66 Å². The van der Waals surface area contributed by atoms with Crippen LogP contribution in [-0.4, -0.2) is 17.3 Å². The molecule has 2 aliphatic heterocycles. The normalized spacial score (nSPS) is 27.8. The highest BCUT2D eigenvalue weighted by molar-refractivity contribution is 7.80. The van der Waals surface area contributed by atoms with Crippen molar-refractivity contribution in [2.45, 2.75) is 19.0 Å². The van der Waals surface area contributed by atoms with Crippen LogP contribution in [0.3, 0.4) is 0 Å². The predicted octanol–water partition coefficient (Wildman–Crippen LogP) is 1.91. The van der Waals surface area contributed by atoms with Crippen molar-refractivity contribution in [3.63, 3.8) is 0 Å². The van der Waals surface area contributed by atoms with Crippen LogP contribution < -0.4 is 15.5 Å². The summed E-state index contributed by atoms with van der Waals surface area (Å²) in [5.41, 5.74) is 2.30. The molecule has 0 radical (unpaired) electrons. The van der Waals surface area contributed by atoms with Gasteiger partial charge in [-0.1, -0.05) is 12.1 Å². The maximum absolute atomic E-state index is 5.37. The molecule has 2 aliphatic rings. The first kappa shape index (κ1) is 8.97. The second-order valence-corrected chi connectivity index (χ2v) is 4.62. The van der Waals surface area contributed by atoms with Gasteiger partial charge >= 0.3 is 0 Å². The summed E-state index contributed by atoms with van der Waals surface area (Å²) in [6, 6.07) is 8.29. The molecule has 1 fully saturated rings. The summed E-state index contributed by atoms with van der Waals surface area (Å²) in [4.78, 5) is 2.18. The van der Waals surface area contributed by atoms with E-state index in [9.17, 15) is 0 Å². The van der Waals surface area contributed by atoms with E-state index in [4.69, 9.17) is 12.2 Å². The highest BCUT2D eigenvalue weighted by Gasteiger charge is 2.43. The van der Waals surface area contributed by atoms with Crippen LogP contribution in [0.2, 0.25) is 0 Å². The lowest BCUT2D eigenvalue weighted by molar-refractivity contribution is 0.472. The van der Waals surface area contributed by atoms with Crippen molar-refractivity contribution in [1.29, 1.82) is 0 Å². The molecular weight excluding hydrogens is 206 g/mol. The molecule has 0 aromatic heterocycles. The zero-order chi connectivity index (χ0) is 10.5. The fourth-order valence-corrected chi connectivity index (χ4v) is 2.79. The summed E-state index contributed by atoms with van der Waals surface area (Å²) in [5, 5.41) is 7.60. The van der Waals surface area contributed by atoms with Crippen molar-refractivity contribution < 1.29 is 0 Å². The van der Waals surface area contributed by atoms with Crippen LogP contribution in [0.15, 0.2) is 24.3 Å². The molecule has 0 amide bonds. The SMILES string of the molecule is CC12CCNC(=S)N1c1ccccc1N2. The Morgan fingerprint density at radius 1 is 1.40 bits per heavy atom. The average Bonchev–Trinajstić information content (AvgIpc) is 2.50. The van der Waals surface area contributed by atoms with Crippen LogP contribution in [0.4, 0.5) is 11.4 Å². The predicted molar refractivity (Wildman–Crippen MR) is 66.2 cm³/mol. The maximum Gasteiger partial charge on any atom is 0.175 e. The molecule has 1 saturated heterocycles. The zero-order valence-corrected chi connectivity index (χ0v) is 9.40. The van der Waals surface area contributed by atoms with Crippen molar-refractivity contribution in [3.8, 4) is 0 Å². The molecule has 0 aliphatic carbocycles. The largest absolute Gasteiger partial charge is 0.362 e. The molecule has 2 heterocycles. The number of para-hydroxylation sites is 2. The second-order valence-electron chi connectivity index (χ2n) is 4.23. The molecule has 78 valence electrons. The number of nitrogens with one attached hydrogen (secondary N) is 2. The van der Waals surface area contributed by atoms with E-state index in [-0.39, 0.29) is 5.66 Å². The molecule has 3 rings (SSSR count). The molecule has 0 bridgehead atoms. The topological polar surface area (TPSA) is 27.3 Å². The monoisotopic (exact) mass is 219 g/mol. The van der Waals surface area contributed by atoms with Gasteiger partial charge in [0.25, 0.3) is 0 Å². The smallest absolute Gasteiger partial charge is 0.175 e. The summed E-state index contributed by atoms with van der Waals surface area (Å²) in [6.07, 6.45) is 1.04. The minimum Gasteiger partial charge on any atom is -0.362 e. The van der Waals surface area contributed by atoms with Gasteiger partial charge in [-0.2, -0.15) is 0 Å². The van der Waals surface area contributed by atoms with E-state index in [0.717, 1.165) is 18.1 Å². The number of nitrogens with zero attached hydrogens (tertiary/aromatic N) is 1. The molecule has 1 aromatic carbocycles. The first-order valence-electron chi connectivity index (χ1n) is 5.16. The van der Waals surface area contributed by atoms with Crippen molar-refractivity contribution in [3.05, 3.63) is 24.3 Å². The third-order valence-electron chi connectivity index (χ3n) is 3.13. The van der Waals surface area contributed by atoms with Gasteiger partial charge in [-0.3, -0.25) is 4.90 Å². The fourth-order valence-electron chi connectivity index (χ4n) is 2.39. The van der Waals surface area contributed by atoms with Crippen LogP contribution in [0.1, 0.15) is 13.3 Å². The van der Waals surface area contributed by atoms with Gasteiger partial charge in [0.15, 0.2) is 5.11 Å². The van der Waals surface area contributed by atoms with Gasteiger partial charge in [-0.25, -0.2) is 0 Å². The second kappa shape index (κ2) is 2.85. The first-order chi connectivity index (χ1) is 7.21. The van der Waals surface area contributed by atoms with Gasteiger partial charge in [0.2, 0.25) is 0 Å². The van der Waals surface area contributed by atoms with E-state index in [1.807, 2.05) is 12.1 Å². The third kappa shape index (κ3) is 1.14. The Balaban J connectivity index is 2.13. The molecule has 15 heavy (non-hydrogen) atoms. The van der Waals surface area contributed by atoms with Crippen LogP contribution in [-0.2, 0) is 0 Å². The van der Waals surface area contributed by atoms with E-state index >= 15 is 0 Å². The van der Waals surface area contributed by atoms with E-state index in [2.05, 4.69) is 34.6 Å². The summed E-state index contributed by atoms with van der Waals surface area (Å²) < 4.78 is 0. The van der Waals surface area contributed by atoms with Crippen molar-refractivity contribution >= 4 is 28.7 Å². The molecule has 3 nitrogen and oxygen atoms in total. The van der Waals surface area contributed by atoms with E-state index in [1.54, 1.807) is 0 Å². The Hall–Kier alpha value is -1.29. The molecular formula is C11H13N3S. The fraction of sp³-hybridized carbons (Fsp3) is 0.364. The lowest BCUT2D eigenvalue weighted by Gasteiger charge is -2.41. The maximum atomic E-state index is 5.37. The van der Waals surface area contributed by atoms with Crippen LogP contribution in [0.5, 0.6) is 0 Å². The standard InChI is InChI=1S/C11H13N3S/c1-11-6-7-12-10(15)14(11)9-5-3-2-4-8(9)13-11/h2-5,13H,6-7H2,1H3,(H,12,15). The number of hydrogen-bond acceptors (Lipinski definition) is 2. The molecule has 4 heteroatoms. The Kier molecular flexibility index (Phi) is 1.71. The third-order valence-corrected chi connectivity index (χ3v) is 3.46. The number of anilines is 2. The van der Waals surface area contributed by atoms with Crippen molar-refractivity contribution in [2.24, 2.45) is 0 Å². The van der Waals surface area contributed by atoms with Gasteiger partial charge in [-0.15, -0.1) is 0 Å². The van der Waals surface area contributed by atoms with Crippen molar-refractivity contribution in [2.75, 3.05) is 16.8 Å². The minimum atomic E-state index is -0.0496. The van der Waals surface area contributed by atoms with Crippen LogP contribution >= 0.6 is 12.2 Å². The molecule has 0 spiro atoms. The average molecular weight is 219 g/mol. The Morgan fingerprint density at radius 2 is 2.20 bits per heavy atom. The minimum absolute atomic E-state index is 0.0496. The van der Waals surface area contributed by atoms with Crippen LogP contribution in [0, 0.1) is 0 Å². The van der Waals surface area contributed by atoms with Crippen molar-refractivity contribution in [1.82, 2.24) is 5.32 Å². The molecule has 0 saturated carbocycles. The van der Waals surface area contributed by atoms with E-state index in [0.29, 0.717) is 0 Å². The summed E-state index contributed by atoms with van der Waals surface area (Å²) in [7, 11) is 0. The highest BCUT2D eigenvalue weighted by atomic mass is 32.1. The Bertz CT molecular complexity index is 432. The van der Waals surface area contributed by atoms with E-state index in [1.165, 1.54) is 11.4 Å². The number of hydrogen-bond donors (Lipinski definition) is 2. The van der Waals surface area contributed by atoms with E-state index < -0.39 is 0 Å². The Morgan fingerprint density at radius 3 is 3.07 bits per heavy atom. The molecule has 1 unspecified atom stereocenters.